The molecule has 0 unspecified atom stereocenters. The fourth-order valence-electron chi connectivity index (χ4n) is 1.67. The fourth-order valence-corrected chi connectivity index (χ4v) is 1.95. The zero-order chi connectivity index (χ0) is 15.4. The molecule has 0 aliphatic carbocycles. The summed E-state index contributed by atoms with van der Waals surface area (Å²) in [6.45, 7) is -0.0405. The van der Waals surface area contributed by atoms with Gasteiger partial charge in [0, 0.05) is 11.6 Å². The van der Waals surface area contributed by atoms with Gasteiger partial charge in [-0.2, -0.15) is 0 Å². The Balaban J connectivity index is 2.20. The number of fused-ring (bicyclic) bond motifs is 1. The van der Waals surface area contributed by atoms with Crippen molar-refractivity contribution in [3.8, 4) is 0 Å². The average molecular weight is 323 g/mol. The minimum absolute atomic E-state index is 0.0405. The van der Waals surface area contributed by atoms with Gasteiger partial charge in [0.05, 0.1) is 27.8 Å². The molecule has 0 aliphatic heterocycles. The van der Waals surface area contributed by atoms with Gasteiger partial charge in [-0.15, -0.1) is 0 Å². The molecule has 2 rings (SSSR count). The van der Waals surface area contributed by atoms with E-state index in [0.717, 1.165) is 0 Å². The molecule has 1 aromatic heterocycles. The summed E-state index contributed by atoms with van der Waals surface area (Å²) in [6.07, 6.45) is 1.57. The molecular weight excluding hydrogens is 312 g/mol. The first-order valence-corrected chi connectivity index (χ1v) is 6.68. The molecule has 108 valence electrons. The molecule has 0 saturated carbocycles. The largest absolute Gasteiger partial charge is 0.392 e. The van der Waals surface area contributed by atoms with Gasteiger partial charge < -0.3 is 16.4 Å². The average Bonchev–Trinajstić information content (AvgIpc) is 2.47. The van der Waals surface area contributed by atoms with E-state index < -0.39 is 11.8 Å². The van der Waals surface area contributed by atoms with E-state index in [1.807, 2.05) is 0 Å². The lowest BCUT2D eigenvalue weighted by Gasteiger charge is -2.09. The van der Waals surface area contributed by atoms with Crippen LogP contribution in [0.3, 0.4) is 0 Å². The highest BCUT2D eigenvalue weighted by Crippen LogP contribution is 2.27. The van der Waals surface area contributed by atoms with Crippen LogP contribution >= 0.6 is 23.8 Å². The van der Waals surface area contributed by atoms with Crippen LogP contribution in [0, 0.1) is 0 Å². The number of benzene rings is 1. The van der Waals surface area contributed by atoms with Gasteiger partial charge in [-0.1, -0.05) is 23.8 Å². The van der Waals surface area contributed by atoms with E-state index in [1.54, 1.807) is 30.5 Å². The third-order valence-corrected chi connectivity index (χ3v) is 3.07. The molecule has 0 radical (unpaired) electrons. The van der Waals surface area contributed by atoms with Crippen molar-refractivity contribution in [3.05, 3.63) is 35.5 Å². The topological polar surface area (TPSA) is 97.1 Å². The van der Waals surface area contributed by atoms with Crippen LogP contribution in [0.25, 0.3) is 10.9 Å². The van der Waals surface area contributed by atoms with Gasteiger partial charge in [0.25, 0.3) is 0 Å². The Morgan fingerprint density at radius 3 is 2.76 bits per heavy atom. The highest BCUT2D eigenvalue weighted by atomic mass is 35.5. The van der Waals surface area contributed by atoms with Crippen LogP contribution in [0.4, 0.5) is 5.69 Å². The van der Waals surface area contributed by atoms with E-state index in [9.17, 15) is 9.59 Å². The standard InChI is InChI=1S/C13H11ClN4O2S/c14-8-3-4-9(11-7(8)2-1-5-16-11)18-13(20)12(19)17-6-10(15)21/h1-5H,6H2,(H2,15,21)(H,17,19)(H,18,20). The van der Waals surface area contributed by atoms with E-state index in [4.69, 9.17) is 17.3 Å². The van der Waals surface area contributed by atoms with Crippen LogP contribution in [0.5, 0.6) is 0 Å². The van der Waals surface area contributed by atoms with Gasteiger partial charge >= 0.3 is 11.8 Å². The van der Waals surface area contributed by atoms with Crippen LogP contribution in [0.2, 0.25) is 5.02 Å². The van der Waals surface area contributed by atoms with Crippen LogP contribution in [0.1, 0.15) is 0 Å². The molecular formula is C13H11ClN4O2S. The Bertz CT molecular complexity index is 735. The number of amides is 2. The quantitative estimate of drug-likeness (QED) is 0.583. The summed E-state index contributed by atoms with van der Waals surface area (Å²) < 4.78 is 0. The van der Waals surface area contributed by atoms with E-state index in [2.05, 4.69) is 27.8 Å². The van der Waals surface area contributed by atoms with E-state index in [0.29, 0.717) is 21.6 Å². The second kappa shape index (κ2) is 6.47. The van der Waals surface area contributed by atoms with Crippen molar-refractivity contribution >= 4 is 57.2 Å². The van der Waals surface area contributed by atoms with Gasteiger partial charge in [0.1, 0.15) is 0 Å². The van der Waals surface area contributed by atoms with Crippen LogP contribution in [-0.2, 0) is 9.59 Å². The van der Waals surface area contributed by atoms with Gasteiger partial charge in [0.2, 0.25) is 0 Å². The maximum absolute atomic E-state index is 11.8. The second-order valence-electron chi connectivity index (χ2n) is 4.10. The summed E-state index contributed by atoms with van der Waals surface area (Å²) in [6, 6.07) is 6.70. The van der Waals surface area contributed by atoms with Crippen molar-refractivity contribution in [2.45, 2.75) is 0 Å². The van der Waals surface area contributed by atoms with Gasteiger partial charge in [0.15, 0.2) is 0 Å². The Morgan fingerprint density at radius 2 is 2.05 bits per heavy atom. The summed E-state index contributed by atoms with van der Waals surface area (Å²) in [7, 11) is 0. The van der Waals surface area contributed by atoms with Crippen molar-refractivity contribution in [2.24, 2.45) is 5.73 Å². The Kier molecular flexibility index (Phi) is 4.66. The number of pyridine rings is 1. The van der Waals surface area contributed by atoms with Crippen molar-refractivity contribution in [1.29, 1.82) is 0 Å². The third-order valence-electron chi connectivity index (χ3n) is 2.59. The maximum atomic E-state index is 11.8. The summed E-state index contributed by atoms with van der Waals surface area (Å²) >= 11 is 10.7. The normalized spacial score (nSPS) is 10.1. The molecule has 2 amide bonds. The first-order chi connectivity index (χ1) is 9.99. The van der Waals surface area contributed by atoms with Crippen LogP contribution in [0.15, 0.2) is 30.5 Å². The zero-order valence-corrected chi connectivity index (χ0v) is 12.3. The number of halogens is 1. The van der Waals surface area contributed by atoms with E-state index in [1.165, 1.54) is 0 Å². The monoisotopic (exact) mass is 322 g/mol. The minimum atomic E-state index is -0.833. The molecule has 21 heavy (non-hydrogen) atoms. The number of nitrogens with two attached hydrogens (primary N) is 1. The number of hydrogen-bond acceptors (Lipinski definition) is 4. The molecule has 2 aromatic rings. The van der Waals surface area contributed by atoms with Crippen molar-refractivity contribution in [1.82, 2.24) is 10.3 Å². The summed E-state index contributed by atoms with van der Waals surface area (Å²) in [4.78, 5) is 27.6. The molecule has 1 aromatic carbocycles. The van der Waals surface area contributed by atoms with Crippen LogP contribution < -0.4 is 16.4 Å². The maximum Gasteiger partial charge on any atom is 0.313 e. The smallest absolute Gasteiger partial charge is 0.313 e. The number of carbonyl (C=O) groups is 2. The van der Waals surface area contributed by atoms with Gasteiger partial charge in [-0.05, 0) is 24.3 Å². The molecule has 0 spiro atoms. The minimum Gasteiger partial charge on any atom is -0.392 e. The molecule has 0 bridgehead atoms. The highest BCUT2D eigenvalue weighted by Gasteiger charge is 2.15. The van der Waals surface area contributed by atoms with E-state index >= 15 is 0 Å². The second-order valence-corrected chi connectivity index (χ2v) is 5.03. The number of nitrogens with one attached hydrogen (secondary N) is 2. The summed E-state index contributed by atoms with van der Waals surface area (Å²) in [5.74, 6) is -1.66. The Labute approximate surface area is 130 Å². The first kappa shape index (κ1) is 15.1. The lowest BCUT2D eigenvalue weighted by molar-refractivity contribution is -0.135. The Morgan fingerprint density at radius 1 is 1.29 bits per heavy atom. The number of aromatic nitrogens is 1. The third kappa shape index (κ3) is 3.65. The molecule has 4 N–H and O–H groups in total. The van der Waals surface area contributed by atoms with Gasteiger partial charge in [-0.25, -0.2) is 0 Å². The molecule has 0 saturated heterocycles. The lowest BCUT2D eigenvalue weighted by atomic mass is 10.2. The van der Waals surface area contributed by atoms with E-state index in [-0.39, 0.29) is 11.5 Å². The SMILES string of the molecule is NC(=S)CNC(=O)C(=O)Nc1ccc(Cl)c2cccnc12. The zero-order valence-electron chi connectivity index (χ0n) is 10.7. The van der Waals surface area contributed by atoms with Crippen molar-refractivity contribution < 1.29 is 9.59 Å². The molecule has 1 heterocycles. The predicted molar refractivity (Wildman–Crippen MR) is 85.2 cm³/mol. The van der Waals surface area contributed by atoms with Crippen LogP contribution in [-0.4, -0.2) is 28.3 Å². The Hall–Kier alpha value is -2.25. The van der Waals surface area contributed by atoms with Crippen molar-refractivity contribution in [2.75, 3.05) is 11.9 Å². The summed E-state index contributed by atoms with van der Waals surface area (Å²) in [5.41, 5.74) is 6.14. The first-order valence-electron chi connectivity index (χ1n) is 5.89. The lowest BCUT2D eigenvalue weighted by Crippen LogP contribution is -2.39. The fraction of sp³-hybridized carbons (Fsp3) is 0.0769. The highest BCUT2D eigenvalue weighted by molar-refractivity contribution is 7.80. The van der Waals surface area contributed by atoms with Crippen molar-refractivity contribution in [3.63, 3.8) is 0 Å². The number of hydrogen-bond donors (Lipinski definition) is 3. The number of rotatable bonds is 3. The molecule has 0 aliphatic rings. The molecule has 6 nitrogen and oxygen atoms in total. The molecule has 0 atom stereocenters. The summed E-state index contributed by atoms with van der Waals surface area (Å²) in [5, 5.41) is 5.97. The number of thiocarbonyl (C=S) groups is 1. The molecule has 8 heteroatoms. The van der Waals surface area contributed by atoms with Gasteiger partial charge in [-0.3, -0.25) is 14.6 Å². The predicted octanol–water partition coefficient (Wildman–Crippen LogP) is 1.23. The molecule has 0 fully saturated rings. The number of anilines is 1. The number of nitrogens with zero attached hydrogens (tertiary/aromatic N) is 1. The number of carbonyl (C=O) groups excluding carboxylic acids is 2.